The number of aromatic nitrogens is 1. The Balaban J connectivity index is 1.71. The normalized spacial score (nSPS) is 13.7. The van der Waals surface area contributed by atoms with Crippen LogP contribution in [-0.4, -0.2) is 49.1 Å². The lowest BCUT2D eigenvalue weighted by molar-refractivity contribution is 0.0762. The van der Waals surface area contributed by atoms with Gasteiger partial charge in [0.25, 0.3) is 5.91 Å². The van der Waals surface area contributed by atoms with Crippen LogP contribution in [0.1, 0.15) is 41.8 Å². The number of hydrogen-bond donors (Lipinski definition) is 0. The van der Waals surface area contributed by atoms with Gasteiger partial charge in [0.2, 0.25) is 0 Å². The number of benzene rings is 1. The second kappa shape index (κ2) is 8.89. The summed E-state index contributed by atoms with van der Waals surface area (Å²) in [5.41, 5.74) is 3.16. The highest BCUT2D eigenvalue weighted by atomic mass is 16.5. The van der Waals surface area contributed by atoms with E-state index in [0.29, 0.717) is 12.1 Å². The summed E-state index contributed by atoms with van der Waals surface area (Å²) in [7, 11) is 1.70. The van der Waals surface area contributed by atoms with E-state index in [1.165, 1.54) is 11.1 Å². The average Bonchev–Trinajstić information content (AvgIpc) is 2.94. The monoisotopic (exact) mass is 367 g/mol. The highest BCUT2D eigenvalue weighted by molar-refractivity contribution is 5.94. The van der Waals surface area contributed by atoms with E-state index >= 15 is 0 Å². The molecule has 0 atom stereocenters. The number of ether oxygens (including phenoxy) is 1. The van der Waals surface area contributed by atoms with Gasteiger partial charge in [-0.05, 0) is 55.5 Å². The highest BCUT2D eigenvalue weighted by Crippen LogP contribution is 2.26. The second-order valence-corrected chi connectivity index (χ2v) is 6.87. The molecule has 1 aliphatic heterocycles. The second-order valence-electron chi connectivity index (χ2n) is 6.87. The number of fused-ring (bicyclic) bond motifs is 1. The molecule has 5 heteroatoms. The minimum Gasteiger partial charge on any atom is -0.496 e. The van der Waals surface area contributed by atoms with Crippen molar-refractivity contribution in [3.63, 3.8) is 0 Å². The van der Waals surface area contributed by atoms with Crippen molar-refractivity contribution in [2.75, 3.05) is 38.2 Å². The number of rotatable bonds is 6. The SMILES string of the molecule is CCCN(CC)c1ccc(C(=O)N2CCc3cccc(OC)c3CC2)cn1. The first-order valence-corrected chi connectivity index (χ1v) is 9.83. The van der Waals surface area contributed by atoms with Gasteiger partial charge in [-0.2, -0.15) is 0 Å². The minimum absolute atomic E-state index is 0.0550. The van der Waals surface area contributed by atoms with Gasteiger partial charge in [0.1, 0.15) is 11.6 Å². The van der Waals surface area contributed by atoms with E-state index in [1.54, 1.807) is 13.3 Å². The molecular formula is C22H29N3O2. The first-order chi connectivity index (χ1) is 13.2. The summed E-state index contributed by atoms with van der Waals surface area (Å²) in [5.74, 6) is 1.91. The molecule has 3 rings (SSSR count). The van der Waals surface area contributed by atoms with E-state index in [1.807, 2.05) is 29.2 Å². The molecule has 0 spiro atoms. The Hall–Kier alpha value is -2.56. The van der Waals surface area contributed by atoms with Crippen molar-refractivity contribution in [3.8, 4) is 5.75 Å². The molecule has 27 heavy (non-hydrogen) atoms. The van der Waals surface area contributed by atoms with Gasteiger partial charge in [0.15, 0.2) is 0 Å². The molecule has 2 heterocycles. The molecule has 1 aliphatic rings. The molecule has 0 aliphatic carbocycles. The Morgan fingerprint density at radius 3 is 2.67 bits per heavy atom. The lowest BCUT2D eigenvalue weighted by atomic mass is 10.0. The van der Waals surface area contributed by atoms with E-state index in [0.717, 1.165) is 50.5 Å². The van der Waals surface area contributed by atoms with Gasteiger partial charge < -0.3 is 14.5 Å². The zero-order valence-electron chi connectivity index (χ0n) is 16.6. The van der Waals surface area contributed by atoms with Crippen LogP contribution in [0.5, 0.6) is 5.75 Å². The molecule has 1 aromatic heterocycles. The summed E-state index contributed by atoms with van der Waals surface area (Å²) < 4.78 is 5.50. The Bertz CT molecular complexity index is 774. The van der Waals surface area contributed by atoms with E-state index in [4.69, 9.17) is 4.74 Å². The van der Waals surface area contributed by atoms with Crippen molar-refractivity contribution in [1.29, 1.82) is 0 Å². The number of nitrogens with zero attached hydrogens (tertiary/aromatic N) is 3. The van der Waals surface area contributed by atoms with Crippen molar-refractivity contribution in [2.45, 2.75) is 33.1 Å². The van der Waals surface area contributed by atoms with Crippen LogP contribution >= 0.6 is 0 Å². The number of carbonyl (C=O) groups excluding carboxylic acids is 1. The Labute approximate surface area is 162 Å². The number of methoxy groups -OCH3 is 1. The van der Waals surface area contributed by atoms with E-state index < -0.39 is 0 Å². The maximum Gasteiger partial charge on any atom is 0.255 e. The van der Waals surface area contributed by atoms with Crippen LogP contribution in [0.2, 0.25) is 0 Å². The third kappa shape index (κ3) is 4.24. The van der Waals surface area contributed by atoms with Gasteiger partial charge in [-0.25, -0.2) is 4.98 Å². The molecule has 0 fully saturated rings. The molecule has 0 saturated heterocycles. The Morgan fingerprint density at radius 2 is 2.00 bits per heavy atom. The summed E-state index contributed by atoms with van der Waals surface area (Å²) in [6.45, 7) is 7.60. The smallest absolute Gasteiger partial charge is 0.255 e. The van der Waals surface area contributed by atoms with Crippen LogP contribution in [0.15, 0.2) is 36.5 Å². The number of amides is 1. The van der Waals surface area contributed by atoms with Crippen LogP contribution in [0.4, 0.5) is 5.82 Å². The molecule has 0 bridgehead atoms. The van der Waals surface area contributed by atoms with Gasteiger partial charge in [0, 0.05) is 32.4 Å². The lowest BCUT2D eigenvalue weighted by Crippen LogP contribution is -2.33. The molecule has 5 nitrogen and oxygen atoms in total. The standard InChI is InChI=1S/C22H29N3O2/c1-4-13-24(5-2)21-10-9-18(16-23-21)22(26)25-14-11-17-7-6-8-20(27-3)19(17)12-15-25/h6-10,16H,4-5,11-15H2,1-3H3. The predicted molar refractivity (Wildman–Crippen MR) is 109 cm³/mol. The minimum atomic E-state index is 0.0550. The van der Waals surface area contributed by atoms with E-state index in [9.17, 15) is 4.79 Å². The Morgan fingerprint density at radius 1 is 1.19 bits per heavy atom. The average molecular weight is 367 g/mol. The van der Waals surface area contributed by atoms with Crippen molar-refractivity contribution in [3.05, 3.63) is 53.2 Å². The van der Waals surface area contributed by atoms with Gasteiger partial charge >= 0.3 is 0 Å². The van der Waals surface area contributed by atoms with E-state index in [-0.39, 0.29) is 5.91 Å². The molecule has 1 amide bonds. The molecule has 0 saturated carbocycles. The highest BCUT2D eigenvalue weighted by Gasteiger charge is 2.22. The molecule has 1 aromatic carbocycles. The first-order valence-electron chi connectivity index (χ1n) is 9.83. The maximum absolute atomic E-state index is 13.0. The van der Waals surface area contributed by atoms with Crippen LogP contribution in [0.25, 0.3) is 0 Å². The fraction of sp³-hybridized carbons (Fsp3) is 0.455. The fourth-order valence-electron chi connectivity index (χ4n) is 3.72. The summed E-state index contributed by atoms with van der Waals surface area (Å²) in [6.07, 6.45) is 4.46. The zero-order valence-corrected chi connectivity index (χ0v) is 16.6. The van der Waals surface area contributed by atoms with Crippen molar-refractivity contribution < 1.29 is 9.53 Å². The summed E-state index contributed by atoms with van der Waals surface area (Å²) in [4.78, 5) is 21.7. The van der Waals surface area contributed by atoms with Crippen molar-refractivity contribution in [1.82, 2.24) is 9.88 Å². The zero-order chi connectivity index (χ0) is 19.2. The van der Waals surface area contributed by atoms with Crippen LogP contribution in [0, 0.1) is 0 Å². The largest absolute Gasteiger partial charge is 0.496 e. The number of anilines is 1. The molecule has 0 N–H and O–H groups in total. The first kappa shape index (κ1) is 19.2. The molecule has 2 aromatic rings. The summed E-state index contributed by atoms with van der Waals surface area (Å²) >= 11 is 0. The molecular weight excluding hydrogens is 338 g/mol. The number of pyridine rings is 1. The topological polar surface area (TPSA) is 45.7 Å². The quantitative estimate of drug-likeness (QED) is 0.783. The van der Waals surface area contributed by atoms with Crippen molar-refractivity contribution >= 4 is 11.7 Å². The predicted octanol–water partition coefficient (Wildman–Crippen LogP) is 3.57. The van der Waals surface area contributed by atoms with Crippen molar-refractivity contribution in [2.24, 2.45) is 0 Å². The van der Waals surface area contributed by atoms with Crippen LogP contribution in [-0.2, 0) is 12.8 Å². The molecule has 144 valence electrons. The third-order valence-corrected chi connectivity index (χ3v) is 5.21. The summed E-state index contributed by atoms with van der Waals surface area (Å²) in [6, 6.07) is 10.0. The maximum atomic E-state index is 13.0. The van der Waals surface area contributed by atoms with Gasteiger partial charge in [0.05, 0.1) is 12.7 Å². The molecule has 0 unspecified atom stereocenters. The molecule has 0 radical (unpaired) electrons. The Kier molecular flexibility index (Phi) is 6.32. The van der Waals surface area contributed by atoms with Gasteiger partial charge in [-0.1, -0.05) is 19.1 Å². The fourth-order valence-corrected chi connectivity index (χ4v) is 3.72. The third-order valence-electron chi connectivity index (χ3n) is 5.21. The van der Waals surface area contributed by atoms with Crippen LogP contribution < -0.4 is 9.64 Å². The number of hydrogen-bond acceptors (Lipinski definition) is 4. The number of carbonyl (C=O) groups is 1. The van der Waals surface area contributed by atoms with Gasteiger partial charge in [-0.3, -0.25) is 4.79 Å². The van der Waals surface area contributed by atoms with Gasteiger partial charge in [-0.15, -0.1) is 0 Å². The lowest BCUT2D eigenvalue weighted by Gasteiger charge is -2.22. The summed E-state index contributed by atoms with van der Waals surface area (Å²) in [5, 5.41) is 0. The van der Waals surface area contributed by atoms with E-state index in [2.05, 4.69) is 29.8 Å². The van der Waals surface area contributed by atoms with Crippen LogP contribution in [0.3, 0.4) is 0 Å².